The molecule has 0 spiro atoms. The Hall–Kier alpha value is -0.870. The number of nitrogens with one attached hydrogen (secondary N) is 2. The molecule has 0 radical (unpaired) electrons. The number of carbonyl (C=O) groups excluding carboxylic acids is 1. The third-order valence-corrected chi connectivity index (χ3v) is 2.95. The Morgan fingerprint density at radius 3 is 2.93 bits per heavy atom. The molecule has 0 aromatic heterocycles. The zero-order chi connectivity index (χ0) is 10.8. The number of piperazine rings is 1. The van der Waals surface area contributed by atoms with Gasteiger partial charge >= 0.3 is 0 Å². The van der Waals surface area contributed by atoms with Crippen LogP contribution in [-0.4, -0.2) is 18.5 Å². The van der Waals surface area contributed by atoms with Gasteiger partial charge in [0, 0.05) is 17.1 Å². The summed E-state index contributed by atoms with van der Waals surface area (Å²) in [6.07, 6.45) is 0. The normalized spacial score (nSPS) is 26.1. The van der Waals surface area contributed by atoms with Gasteiger partial charge in [0.2, 0.25) is 5.91 Å². The Morgan fingerprint density at radius 2 is 2.27 bits per heavy atom. The Kier molecular flexibility index (Phi) is 3.07. The van der Waals surface area contributed by atoms with Crippen molar-refractivity contribution in [2.45, 2.75) is 19.0 Å². The average Bonchev–Trinajstić information content (AvgIpc) is 2.17. The average molecular weight is 269 g/mol. The minimum absolute atomic E-state index is 0.0480. The molecule has 1 saturated heterocycles. The van der Waals surface area contributed by atoms with Crippen LogP contribution in [0.25, 0.3) is 0 Å². The topological polar surface area (TPSA) is 41.1 Å². The summed E-state index contributed by atoms with van der Waals surface area (Å²) in [5, 5.41) is 6.16. The lowest BCUT2D eigenvalue weighted by Gasteiger charge is -2.28. The largest absolute Gasteiger partial charge is 0.351 e. The molecule has 2 unspecified atom stereocenters. The number of amides is 1. The van der Waals surface area contributed by atoms with E-state index in [1.807, 2.05) is 31.2 Å². The van der Waals surface area contributed by atoms with Gasteiger partial charge in [0.15, 0.2) is 0 Å². The fraction of sp³-hybridized carbons (Fsp3) is 0.364. The Balaban J connectivity index is 2.20. The van der Waals surface area contributed by atoms with E-state index in [9.17, 15) is 4.79 Å². The molecule has 4 heteroatoms. The highest BCUT2D eigenvalue weighted by atomic mass is 79.9. The quantitative estimate of drug-likeness (QED) is 0.813. The molecular formula is C11H13BrN2O. The SMILES string of the molecule is CC1CNC(c2cccc(Br)c2)C(=O)N1. The first-order valence-corrected chi connectivity index (χ1v) is 5.75. The summed E-state index contributed by atoms with van der Waals surface area (Å²) in [6, 6.07) is 7.80. The highest BCUT2D eigenvalue weighted by Gasteiger charge is 2.26. The highest BCUT2D eigenvalue weighted by molar-refractivity contribution is 9.10. The molecule has 15 heavy (non-hydrogen) atoms. The van der Waals surface area contributed by atoms with Gasteiger partial charge in [0.1, 0.15) is 6.04 Å². The number of halogens is 1. The van der Waals surface area contributed by atoms with Crippen LogP contribution in [0.4, 0.5) is 0 Å². The van der Waals surface area contributed by atoms with Gasteiger partial charge in [-0.15, -0.1) is 0 Å². The van der Waals surface area contributed by atoms with E-state index in [-0.39, 0.29) is 18.0 Å². The maximum atomic E-state index is 11.7. The van der Waals surface area contributed by atoms with E-state index < -0.39 is 0 Å². The predicted molar refractivity (Wildman–Crippen MR) is 62.5 cm³/mol. The third-order valence-electron chi connectivity index (χ3n) is 2.46. The maximum absolute atomic E-state index is 11.7. The summed E-state index contributed by atoms with van der Waals surface area (Å²) in [7, 11) is 0. The minimum atomic E-state index is -0.223. The number of rotatable bonds is 1. The van der Waals surface area contributed by atoms with Crippen molar-refractivity contribution in [1.29, 1.82) is 0 Å². The van der Waals surface area contributed by atoms with Crippen molar-refractivity contribution in [3.8, 4) is 0 Å². The molecule has 1 aromatic carbocycles. The lowest BCUT2D eigenvalue weighted by atomic mass is 10.0. The van der Waals surface area contributed by atoms with Crippen LogP contribution < -0.4 is 10.6 Å². The second kappa shape index (κ2) is 4.33. The lowest BCUT2D eigenvalue weighted by Crippen LogP contribution is -2.52. The first-order valence-electron chi connectivity index (χ1n) is 4.96. The Labute approximate surface area is 97.4 Å². The van der Waals surface area contributed by atoms with Gasteiger partial charge in [-0.05, 0) is 24.6 Å². The van der Waals surface area contributed by atoms with Gasteiger partial charge in [-0.1, -0.05) is 28.1 Å². The Bertz CT molecular complexity index is 381. The van der Waals surface area contributed by atoms with Gasteiger partial charge in [-0.2, -0.15) is 0 Å². The van der Waals surface area contributed by atoms with Gasteiger partial charge < -0.3 is 10.6 Å². The molecule has 1 amide bonds. The summed E-state index contributed by atoms with van der Waals surface area (Å²) in [4.78, 5) is 11.7. The van der Waals surface area contributed by atoms with Crippen molar-refractivity contribution >= 4 is 21.8 Å². The monoisotopic (exact) mass is 268 g/mol. The summed E-state index contributed by atoms with van der Waals surface area (Å²) in [6.45, 7) is 2.80. The molecule has 2 atom stereocenters. The molecular weight excluding hydrogens is 256 g/mol. The van der Waals surface area contributed by atoms with Gasteiger partial charge in [0.05, 0.1) is 0 Å². The second-order valence-corrected chi connectivity index (χ2v) is 4.72. The zero-order valence-corrected chi connectivity index (χ0v) is 10.0. The van der Waals surface area contributed by atoms with Crippen LogP contribution in [0.5, 0.6) is 0 Å². The van der Waals surface area contributed by atoms with Crippen LogP contribution >= 0.6 is 15.9 Å². The van der Waals surface area contributed by atoms with Crippen LogP contribution in [0.15, 0.2) is 28.7 Å². The Morgan fingerprint density at radius 1 is 1.47 bits per heavy atom. The lowest BCUT2D eigenvalue weighted by molar-refractivity contribution is -0.125. The number of hydrogen-bond donors (Lipinski definition) is 2. The van der Waals surface area contributed by atoms with Crippen molar-refractivity contribution in [2.75, 3.05) is 6.54 Å². The highest BCUT2D eigenvalue weighted by Crippen LogP contribution is 2.19. The van der Waals surface area contributed by atoms with Crippen molar-refractivity contribution in [1.82, 2.24) is 10.6 Å². The van der Waals surface area contributed by atoms with Gasteiger partial charge in [-0.25, -0.2) is 0 Å². The molecule has 1 heterocycles. The second-order valence-electron chi connectivity index (χ2n) is 3.81. The fourth-order valence-corrected chi connectivity index (χ4v) is 2.14. The first kappa shape index (κ1) is 10.6. The molecule has 80 valence electrons. The molecule has 1 aliphatic rings. The number of carbonyl (C=O) groups is 1. The van der Waals surface area contributed by atoms with Crippen LogP contribution in [0.1, 0.15) is 18.5 Å². The maximum Gasteiger partial charge on any atom is 0.241 e. The van der Waals surface area contributed by atoms with Crippen molar-refractivity contribution in [2.24, 2.45) is 0 Å². The van der Waals surface area contributed by atoms with Crippen LogP contribution in [0.2, 0.25) is 0 Å². The van der Waals surface area contributed by atoms with E-state index in [0.29, 0.717) is 0 Å². The summed E-state index contributed by atoms with van der Waals surface area (Å²) < 4.78 is 0.994. The summed E-state index contributed by atoms with van der Waals surface area (Å²) in [5.74, 6) is 0.0480. The van der Waals surface area contributed by atoms with Gasteiger partial charge in [-0.3, -0.25) is 4.79 Å². The minimum Gasteiger partial charge on any atom is -0.351 e. The smallest absolute Gasteiger partial charge is 0.241 e. The fourth-order valence-electron chi connectivity index (χ4n) is 1.72. The molecule has 0 saturated carbocycles. The zero-order valence-electron chi connectivity index (χ0n) is 8.46. The predicted octanol–water partition coefficient (Wildman–Crippen LogP) is 1.60. The standard InChI is InChI=1S/C11H13BrN2O/c1-7-6-13-10(11(15)14-7)8-3-2-4-9(12)5-8/h2-5,7,10,13H,6H2,1H3,(H,14,15). The van der Waals surface area contributed by atoms with Crippen LogP contribution in [-0.2, 0) is 4.79 Å². The summed E-state index contributed by atoms with van der Waals surface area (Å²) in [5.41, 5.74) is 0.994. The van der Waals surface area contributed by atoms with Crippen molar-refractivity contribution < 1.29 is 4.79 Å². The van der Waals surface area contributed by atoms with Crippen molar-refractivity contribution in [3.63, 3.8) is 0 Å². The van der Waals surface area contributed by atoms with E-state index >= 15 is 0 Å². The van der Waals surface area contributed by atoms with Gasteiger partial charge in [0.25, 0.3) is 0 Å². The molecule has 1 aliphatic heterocycles. The first-order chi connectivity index (χ1) is 7.16. The van der Waals surface area contributed by atoms with Crippen LogP contribution in [0.3, 0.4) is 0 Å². The van der Waals surface area contributed by atoms with Crippen LogP contribution in [0, 0.1) is 0 Å². The van der Waals surface area contributed by atoms with E-state index in [2.05, 4.69) is 26.6 Å². The molecule has 2 rings (SSSR count). The van der Waals surface area contributed by atoms with Crippen molar-refractivity contribution in [3.05, 3.63) is 34.3 Å². The molecule has 2 N–H and O–H groups in total. The van der Waals surface area contributed by atoms with E-state index in [4.69, 9.17) is 0 Å². The van der Waals surface area contributed by atoms with E-state index in [1.165, 1.54) is 0 Å². The molecule has 0 aliphatic carbocycles. The molecule has 0 bridgehead atoms. The molecule has 3 nitrogen and oxygen atoms in total. The number of hydrogen-bond acceptors (Lipinski definition) is 2. The summed E-state index contributed by atoms with van der Waals surface area (Å²) >= 11 is 3.40. The van der Waals surface area contributed by atoms with E-state index in [1.54, 1.807) is 0 Å². The molecule has 1 aromatic rings. The third kappa shape index (κ3) is 2.38. The number of benzene rings is 1. The van der Waals surface area contributed by atoms with E-state index in [0.717, 1.165) is 16.6 Å². The molecule has 1 fully saturated rings.